The van der Waals surface area contributed by atoms with E-state index in [9.17, 15) is 0 Å². The average Bonchev–Trinajstić information content (AvgIpc) is 2.60. The molecule has 3 unspecified atom stereocenters. The van der Waals surface area contributed by atoms with E-state index in [2.05, 4.69) is 111 Å². The first-order chi connectivity index (χ1) is 12.4. The van der Waals surface area contributed by atoms with Crippen LogP contribution in [0.25, 0.3) is 0 Å². The zero-order valence-corrected chi connectivity index (χ0v) is 19.1. The van der Waals surface area contributed by atoms with Gasteiger partial charge in [-0.05, 0) is 60.0 Å². The third kappa shape index (κ3) is 4.65. The molecule has 0 aromatic heterocycles. The highest BCUT2D eigenvalue weighted by Crippen LogP contribution is 2.50. The van der Waals surface area contributed by atoms with Crippen molar-refractivity contribution in [3.05, 3.63) is 70.8 Å². The molecule has 148 valence electrons. The van der Waals surface area contributed by atoms with Gasteiger partial charge in [0.1, 0.15) is 0 Å². The van der Waals surface area contributed by atoms with E-state index in [1.54, 1.807) is 0 Å². The molecule has 0 aliphatic carbocycles. The molecule has 0 heteroatoms. The first-order valence-electron chi connectivity index (χ1n) is 10.6. The number of rotatable bonds is 6. The molecule has 0 amide bonds. The molecule has 3 atom stereocenters. The van der Waals surface area contributed by atoms with Crippen molar-refractivity contribution in [2.75, 3.05) is 0 Å². The van der Waals surface area contributed by atoms with Crippen molar-refractivity contribution in [1.29, 1.82) is 0 Å². The normalized spacial score (nSPS) is 17.8. The smallest absolute Gasteiger partial charge is 0.00362 e. The van der Waals surface area contributed by atoms with E-state index in [-0.39, 0.29) is 16.2 Å². The van der Waals surface area contributed by atoms with E-state index in [4.69, 9.17) is 0 Å². The van der Waals surface area contributed by atoms with Gasteiger partial charge in [-0.2, -0.15) is 0 Å². The monoisotopic (exact) mass is 364 g/mol. The molecular formula is C27H40. The molecule has 2 aromatic carbocycles. The molecule has 0 N–H and O–H groups in total. The van der Waals surface area contributed by atoms with Crippen molar-refractivity contribution in [2.45, 2.75) is 86.0 Å². The summed E-state index contributed by atoms with van der Waals surface area (Å²) >= 11 is 0. The summed E-state index contributed by atoms with van der Waals surface area (Å²) in [6, 6.07) is 18.3. The van der Waals surface area contributed by atoms with E-state index in [1.807, 2.05) is 0 Å². The summed E-state index contributed by atoms with van der Waals surface area (Å²) in [4.78, 5) is 0. The highest BCUT2D eigenvalue weighted by Gasteiger charge is 2.44. The van der Waals surface area contributed by atoms with Gasteiger partial charge in [0.25, 0.3) is 0 Å². The summed E-state index contributed by atoms with van der Waals surface area (Å²) in [5, 5.41) is 0. The van der Waals surface area contributed by atoms with Crippen LogP contribution in [0.1, 0.15) is 83.6 Å². The summed E-state index contributed by atoms with van der Waals surface area (Å²) < 4.78 is 0. The molecule has 0 spiro atoms. The molecule has 0 fully saturated rings. The Morgan fingerprint density at radius 1 is 0.778 bits per heavy atom. The third-order valence-corrected chi connectivity index (χ3v) is 7.19. The number of hydrogen-bond acceptors (Lipinski definition) is 0. The molecule has 0 aliphatic heterocycles. The van der Waals surface area contributed by atoms with Crippen molar-refractivity contribution in [2.24, 2.45) is 11.3 Å². The first-order valence-corrected chi connectivity index (χ1v) is 10.6. The van der Waals surface area contributed by atoms with E-state index in [1.165, 1.54) is 22.3 Å². The van der Waals surface area contributed by atoms with Gasteiger partial charge in [-0.3, -0.25) is 0 Å². The van der Waals surface area contributed by atoms with Crippen LogP contribution in [0.3, 0.4) is 0 Å². The molecule has 0 saturated heterocycles. The van der Waals surface area contributed by atoms with Gasteiger partial charge in [0.05, 0.1) is 0 Å². The van der Waals surface area contributed by atoms with Crippen LogP contribution in [0.4, 0.5) is 0 Å². The van der Waals surface area contributed by atoms with Gasteiger partial charge in [-0.15, -0.1) is 0 Å². The molecule has 0 nitrogen and oxygen atoms in total. The maximum Gasteiger partial charge on any atom is -0.00362 e. The maximum atomic E-state index is 2.50. The Morgan fingerprint density at radius 2 is 1.26 bits per heavy atom. The molecule has 0 bridgehead atoms. The molecule has 2 aromatic rings. The van der Waals surface area contributed by atoms with Crippen LogP contribution in [0.15, 0.2) is 48.5 Å². The van der Waals surface area contributed by atoms with Crippen molar-refractivity contribution in [3.63, 3.8) is 0 Å². The lowest BCUT2D eigenvalue weighted by molar-refractivity contribution is 0.119. The minimum atomic E-state index is 0.110. The van der Waals surface area contributed by atoms with Crippen LogP contribution in [-0.2, 0) is 10.8 Å². The Labute approximate surface area is 168 Å². The van der Waals surface area contributed by atoms with Crippen molar-refractivity contribution < 1.29 is 0 Å². The Morgan fingerprint density at radius 3 is 1.70 bits per heavy atom. The number of aryl methyl sites for hydroxylation is 2. The van der Waals surface area contributed by atoms with Crippen molar-refractivity contribution in [3.8, 4) is 0 Å². The van der Waals surface area contributed by atoms with Gasteiger partial charge in [0, 0.05) is 0 Å². The Hall–Kier alpha value is -1.56. The van der Waals surface area contributed by atoms with Gasteiger partial charge >= 0.3 is 0 Å². The standard InChI is InChI=1S/C27H40/c1-10-26(8,23-15-11-13-20(2)17-23)19-27(9,22(4)25(5,6)7)24-16-12-14-21(3)18-24/h11-18,22H,10,19H2,1-9H3. The fourth-order valence-electron chi connectivity index (χ4n) is 4.72. The van der Waals surface area contributed by atoms with E-state index >= 15 is 0 Å². The summed E-state index contributed by atoms with van der Waals surface area (Å²) in [7, 11) is 0. The lowest BCUT2D eigenvalue weighted by atomic mass is 9.56. The lowest BCUT2D eigenvalue weighted by Crippen LogP contribution is -2.43. The van der Waals surface area contributed by atoms with Crippen LogP contribution in [0.2, 0.25) is 0 Å². The van der Waals surface area contributed by atoms with Crippen molar-refractivity contribution >= 4 is 0 Å². The Balaban J connectivity index is 2.59. The van der Waals surface area contributed by atoms with Crippen LogP contribution in [0, 0.1) is 25.2 Å². The first kappa shape index (κ1) is 21.7. The molecule has 27 heavy (non-hydrogen) atoms. The quantitative estimate of drug-likeness (QED) is 0.487. The predicted molar refractivity (Wildman–Crippen MR) is 121 cm³/mol. The minimum absolute atomic E-state index is 0.110. The van der Waals surface area contributed by atoms with E-state index in [0.717, 1.165) is 12.8 Å². The van der Waals surface area contributed by atoms with Crippen LogP contribution in [-0.4, -0.2) is 0 Å². The van der Waals surface area contributed by atoms with Crippen molar-refractivity contribution in [1.82, 2.24) is 0 Å². The molecule has 0 saturated carbocycles. The molecule has 0 heterocycles. The maximum absolute atomic E-state index is 2.50. The van der Waals surface area contributed by atoms with Crippen LogP contribution < -0.4 is 0 Å². The average molecular weight is 365 g/mol. The second-order valence-electron chi connectivity index (χ2n) is 10.3. The SMILES string of the molecule is CCC(C)(CC(C)(c1cccc(C)c1)C(C)C(C)(C)C)c1cccc(C)c1. The van der Waals surface area contributed by atoms with Crippen LogP contribution >= 0.6 is 0 Å². The van der Waals surface area contributed by atoms with E-state index < -0.39 is 0 Å². The van der Waals surface area contributed by atoms with Gasteiger partial charge in [0.15, 0.2) is 0 Å². The zero-order valence-electron chi connectivity index (χ0n) is 19.1. The van der Waals surface area contributed by atoms with Crippen LogP contribution in [0.5, 0.6) is 0 Å². The predicted octanol–water partition coefficient (Wildman–Crippen LogP) is 8.00. The largest absolute Gasteiger partial charge is 0.0645 e. The second-order valence-corrected chi connectivity index (χ2v) is 10.3. The summed E-state index contributed by atoms with van der Waals surface area (Å²) in [5.41, 5.74) is 6.19. The topological polar surface area (TPSA) is 0 Å². The Bertz CT molecular complexity index is 764. The Kier molecular flexibility index (Phi) is 6.30. The zero-order chi connectivity index (χ0) is 20.5. The highest BCUT2D eigenvalue weighted by atomic mass is 14.5. The number of benzene rings is 2. The van der Waals surface area contributed by atoms with Gasteiger partial charge < -0.3 is 0 Å². The summed E-state index contributed by atoms with van der Waals surface area (Å²) in [5.74, 6) is 0.558. The van der Waals surface area contributed by atoms with Gasteiger partial charge in [-0.25, -0.2) is 0 Å². The number of hydrogen-bond donors (Lipinski definition) is 0. The molecule has 0 radical (unpaired) electrons. The highest BCUT2D eigenvalue weighted by molar-refractivity contribution is 5.35. The van der Waals surface area contributed by atoms with Gasteiger partial charge in [-0.1, -0.05) is 108 Å². The lowest BCUT2D eigenvalue weighted by Gasteiger charge is -2.48. The summed E-state index contributed by atoms with van der Waals surface area (Å²) in [6.07, 6.45) is 2.30. The fourth-order valence-corrected chi connectivity index (χ4v) is 4.72. The molecule has 2 rings (SSSR count). The third-order valence-electron chi connectivity index (χ3n) is 7.19. The minimum Gasteiger partial charge on any atom is -0.0645 e. The second kappa shape index (κ2) is 7.82. The molecular weight excluding hydrogens is 324 g/mol. The summed E-state index contributed by atoms with van der Waals surface area (Å²) in [6.45, 7) is 21.4. The van der Waals surface area contributed by atoms with Gasteiger partial charge in [0.2, 0.25) is 0 Å². The molecule has 0 aliphatic rings. The van der Waals surface area contributed by atoms with E-state index in [0.29, 0.717) is 5.92 Å². The fraction of sp³-hybridized carbons (Fsp3) is 0.556.